The normalized spacial score (nSPS) is 46.8. The molecule has 0 unspecified atom stereocenters. The second kappa shape index (κ2) is 4.59. The van der Waals surface area contributed by atoms with Gasteiger partial charge in [-0.3, -0.25) is 4.79 Å². The molecule has 3 aliphatic rings. The van der Waals surface area contributed by atoms with E-state index in [4.69, 9.17) is 4.74 Å². The van der Waals surface area contributed by atoms with Gasteiger partial charge in [-0.05, 0) is 32.6 Å². The zero-order valence-electron chi connectivity index (χ0n) is 13.1. The van der Waals surface area contributed by atoms with Gasteiger partial charge in [-0.25, -0.2) is 0 Å². The average Bonchev–Trinajstić information content (AvgIpc) is 2.61. The van der Waals surface area contributed by atoms with E-state index in [1.54, 1.807) is 0 Å². The summed E-state index contributed by atoms with van der Waals surface area (Å²) in [4.78, 5) is 14.7. The third-order valence-electron chi connectivity index (χ3n) is 5.96. The molecule has 3 fully saturated rings. The predicted octanol–water partition coefficient (Wildman–Crippen LogP) is 3.21. The second-order valence-electron chi connectivity index (χ2n) is 7.55. The van der Waals surface area contributed by atoms with Crippen LogP contribution in [0.25, 0.3) is 0 Å². The number of nitrogens with zero attached hydrogens (tertiary/aromatic N) is 1. The molecular formula is C17H27NO2. The van der Waals surface area contributed by atoms with Crippen LogP contribution in [0.1, 0.15) is 47.0 Å². The molecule has 1 saturated carbocycles. The van der Waals surface area contributed by atoms with Crippen molar-refractivity contribution in [3.8, 4) is 0 Å². The first-order valence-corrected chi connectivity index (χ1v) is 7.99. The summed E-state index contributed by atoms with van der Waals surface area (Å²) in [6, 6.07) is 0. The molecule has 20 heavy (non-hydrogen) atoms. The first-order valence-electron chi connectivity index (χ1n) is 7.99. The molecule has 6 atom stereocenters. The van der Waals surface area contributed by atoms with Crippen LogP contribution in [0.15, 0.2) is 12.7 Å². The maximum absolute atomic E-state index is 12.7. The van der Waals surface area contributed by atoms with Crippen LogP contribution in [0.4, 0.5) is 0 Å². The highest BCUT2D eigenvalue weighted by Gasteiger charge is 2.58. The van der Waals surface area contributed by atoms with E-state index in [0.29, 0.717) is 12.0 Å². The van der Waals surface area contributed by atoms with E-state index in [2.05, 4.69) is 27.4 Å². The maximum Gasteiger partial charge on any atom is 0.228 e. The molecule has 0 aromatic carbocycles. The van der Waals surface area contributed by atoms with Crippen LogP contribution in [0.5, 0.6) is 0 Å². The van der Waals surface area contributed by atoms with Crippen molar-refractivity contribution < 1.29 is 9.53 Å². The smallest absolute Gasteiger partial charge is 0.228 e. The number of carbonyl (C=O) groups is 1. The number of amides is 1. The molecule has 2 saturated heterocycles. The van der Waals surface area contributed by atoms with Crippen molar-refractivity contribution in [3.05, 3.63) is 12.7 Å². The zero-order valence-corrected chi connectivity index (χ0v) is 13.1. The van der Waals surface area contributed by atoms with Gasteiger partial charge in [0.25, 0.3) is 0 Å². The van der Waals surface area contributed by atoms with E-state index in [1.807, 2.05) is 17.9 Å². The van der Waals surface area contributed by atoms with Crippen LogP contribution >= 0.6 is 0 Å². The third-order valence-corrected chi connectivity index (χ3v) is 5.96. The van der Waals surface area contributed by atoms with E-state index >= 15 is 0 Å². The summed E-state index contributed by atoms with van der Waals surface area (Å²) >= 11 is 0. The third kappa shape index (κ3) is 1.78. The van der Waals surface area contributed by atoms with E-state index in [0.717, 1.165) is 12.3 Å². The lowest BCUT2D eigenvalue weighted by Crippen LogP contribution is -2.64. The molecule has 112 valence electrons. The highest BCUT2D eigenvalue weighted by Crippen LogP contribution is 2.50. The van der Waals surface area contributed by atoms with Gasteiger partial charge in [0.1, 0.15) is 6.23 Å². The molecule has 2 heterocycles. The first-order chi connectivity index (χ1) is 9.37. The predicted molar refractivity (Wildman–Crippen MR) is 78.9 cm³/mol. The number of rotatable bonds is 1. The van der Waals surface area contributed by atoms with Gasteiger partial charge in [-0.15, -0.1) is 6.58 Å². The molecule has 0 aromatic heterocycles. The molecule has 3 heteroatoms. The van der Waals surface area contributed by atoms with Crippen molar-refractivity contribution in [2.45, 2.75) is 64.8 Å². The SMILES string of the molecule is C=C[C@@H]1[C@H](C)C(=O)N2[C@H]1O[C@@H]1C[C@H](C)CC[C@H]1C2(C)C. The number of fused-ring (bicyclic) bond motifs is 2. The molecule has 0 bridgehead atoms. The topological polar surface area (TPSA) is 29.5 Å². The molecule has 1 amide bonds. The molecule has 0 aromatic rings. The van der Waals surface area contributed by atoms with Crippen LogP contribution in [0.2, 0.25) is 0 Å². The largest absolute Gasteiger partial charge is 0.354 e. The number of ether oxygens (including phenoxy) is 1. The Labute approximate surface area is 122 Å². The Kier molecular flexibility index (Phi) is 3.24. The minimum absolute atomic E-state index is 0.00523. The Bertz CT molecular complexity index is 431. The average molecular weight is 277 g/mol. The van der Waals surface area contributed by atoms with Gasteiger partial charge in [0.15, 0.2) is 0 Å². The lowest BCUT2D eigenvalue weighted by atomic mass is 9.70. The van der Waals surface area contributed by atoms with Crippen molar-refractivity contribution in [2.75, 3.05) is 0 Å². The molecular weight excluding hydrogens is 250 g/mol. The number of carbonyl (C=O) groups excluding carboxylic acids is 1. The summed E-state index contributed by atoms with van der Waals surface area (Å²) in [5, 5.41) is 0. The maximum atomic E-state index is 12.7. The number of hydrogen-bond acceptors (Lipinski definition) is 2. The highest BCUT2D eigenvalue weighted by atomic mass is 16.5. The molecule has 3 rings (SSSR count). The molecule has 0 spiro atoms. The summed E-state index contributed by atoms with van der Waals surface area (Å²) in [6.45, 7) is 12.7. The Morgan fingerprint density at radius 1 is 1.35 bits per heavy atom. The fraction of sp³-hybridized carbons (Fsp3) is 0.824. The van der Waals surface area contributed by atoms with Gasteiger partial charge in [-0.1, -0.05) is 26.3 Å². The van der Waals surface area contributed by atoms with E-state index in [1.165, 1.54) is 12.8 Å². The van der Waals surface area contributed by atoms with Crippen molar-refractivity contribution in [2.24, 2.45) is 23.7 Å². The molecule has 0 radical (unpaired) electrons. The quantitative estimate of drug-likeness (QED) is 0.689. The summed E-state index contributed by atoms with van der Waals surface area (Å²) in [5.74, 6) is 1.56. The Hall–Kier alpha value is -0.830. The molecule has 3 nitrogen and oxygen atoms in total. The zero-order chi connectivity index (χ0) is 14.7. The number of hydrogen-bond donors (Lipinski definition) is 0. The van der Waals surface area contributed by atoms with E-state index in [-0.39, 0.29) is 29.5 Å². The van der Waals surface area contributed by atoms with Crippen LogP contribution in [-0.4, -0.2) is 28.7 Å². The lowest BCUT2D eigenvalue weighted by molar-refractivity contribution is -0.224. The van der Waals surface area contributed by atoms with Gasteiger partial charge in [0.2, 0.25) is 5.91 Å². The van der Waals surface area contributed by atoms with Gasteiger partial charge >= 0.3 is 0 Å². The first kappa shape index (κ1) is 14.1. The summed E-state index contributed by atoms with van der Waals surface area (Å²) in [7, 11) is 0. The Morgan fingerprint density at radius 3 is 2.70 bits per heavy atom. The highest BCUT2D eigenvalue weighted by molar-refractivity contribution is 5.82. The summed E-state index contributed by atoms with van der Waals surface area (Å²) in [6.07, 6.45) is 5.66. The fourth-order valence-electron chi connectivity index (χ4n) is 4.66. The van der Waals surface area contributed by atoms with Gasteiger partial charge in [0, 0.05) is 23.3 Å². The minimum Gasteiger partial charge on any atom is -0.354 e. The molecule has 1 aliphatic carbocycles. The fourth-order valence-corrected chi connectivity index (χ4v) is 4.66. The molecule has 0 N–H and O–H groups in total. The van der Waals surface area contributed by atoms with Gasteiger partial charge in [0.05, 0.1) is 6.10 Å². The standard InChI is InChI=1S/C17H27NO2/c1-6-12-11(3)15(19)18-16(12)20-14-9-10(2)7-8-13(14)17(18,4)5/h6,10-14,16H,1,7-9H2,2-5H3/t10-,11+,12-,13-,14-,16+/m1/s1. The Morgan fingerprint density at radius 2 is 2.05 bits per heavy atom. The van der Waals surface area contributed by atoms with Crippen molar-refractivity contribution in [1.82, 2.24) is 4.90 Å². The second-order valence-corrected chi connectivity index (χ2v) is 7.55. The van der Waals surface area contributed by atoms with E-state index in [9.17, 15) is 4.79 Å². The lowest BCUT2D eigenvalue weighted by Gasteiger charge is -2.55. The van der Waals surface area contributed by atoms with Crippen LogP contribution in [0, 0.1) is 23.7 Å². The van der Waals surface area contributed by atoms with Gasteiger partial charge in [-0.2, -0.15) is 0 Å². The van der Waals surface area contributed by atoms with Gasteiger partial charge < -0.3 is 9.64 Å². The van der Waals surface area contributed by atoms with Crippen molar-refractivity contribution in [3.63, 3.8) is 0 Å². The Balaban J connectivity index is 1.96. The summed E-state index contributed by atoms with van der Waals surface area (Å²) in [5.41, 5.74) is -0.100. The summed E-state index contributed by atoms with van der Waals surface area (Å²) < 4.78 is 6.40. The van der Waals surface area contributed by atoms with Crippen LogP contribution in [-0.2, 0) is 9.53 Å². The van der Waals surface area contributed by atoms with Crippen molar-refractivity contribution in [1.29, 1.82) is 0 Å². The van der Waals surface area contributed by atoms with Crippen molar-refractivity contribution >= 4 is 5.91 Å². The monoisotopic (exact) mass is 277 g/mol. The van der Waals surface area contributed by atoms with E-state index < -0.39 is 0 Å². The van der Waals surface area contributed by atoms with Crippen LogP contribution < -0.4 is 0 Å². The minimum atomic E-state index is -0.100. The van der Waals surface area contributed by atoms with Crippen LogP contribution in [0.3, 0.4) is 0 Å². The molecule has 2 aliphatic heterocycles.